The van der Waals surface area contributed by atoms with Crippen LogP contribution in [0.1, 0.15) is 38.3 Å². The van der Waals surface area contributed by atoms with Crippen LogP contribution < -0.4 is 14.2 Å². The number of rotatable bonds is 7. The number of ether oxygens (including phenoxy) is 3. The first-order chi connectivity index (χ1) is 14.3. The summed E-state index contributed by atoms with van der Waals surface area (Å²) in [6.07, 6.45) is 0.110. The van der Waals surface area contributed by atoms with Gasteiger partial charge in [0, 0.05) is 12.0 Å². The monoisotopic (exact) mass is 426 g/mol. The lowest BCUT2D eigenvalue weighted by Gasteiger charge is -2.23. The van der Waals surface area contributed by atoms with Crippen molar-refractivity contribution in [2.24, 2.45) is 0 Å². The van der Waals surface area contributed by atoms with Crippen LogP contribution in [-0.4, -0.2) is 43.0 Å². The van der Waals surface area contributed by atoms with Crippen molar-refractivity contribution in [3.8, 4) is 17.2 Å². The SMILES string of the molecule is COc1cc(C2=C(c3ccccc3)C(O[SiH2]C(C)(C)C)CC2=O)cc(OC)c1OC. The lowest BCUT2D eigenvalue weighted by atomic mass is 9.95. The molecule has 0 saturated heterocycles. The Morgan fingerprint density at radius 1 is 0.900 bits per heavy atom. The molecule has 0 N–H and O–H groups in total. The molecule has 3 rings (SSSR count). The number of benzene rings is 2. The van der Waals surface area contributed by atoms with Crippen LogP contribution in [0.4, 0.5) is 0 Å². The van der Waals surface area contributed by atoms with Crippen molar-refractivity contribution >= 4 is 26.7 Å². The summed E-state index contributed by atoms with van der Waals surface area (Å²) in [7, 11) is 3.88. The Morgan fingerprint density at radius 2 is 1.50 bits per heavy atom. The largest absolute Gasteiger partial charge is 0.493 e. The van der Waals surface area contributed by atoms with Gasteiger partial charge < -0.3 is 18.6 Å². The fraction of sp³-hybridized carbons (Fsp3) is 0.375. The third-order valence-electron chi connectivity index (χ3n) is 5.00. The molecule has 160 valence electrons. The highest BCUT2D eigenvalue weighted by atomic mass is 28.2. The highest BCUT2D eigenvalue weighted by Gasteiger charge is 2.36. The molecule has 0 amide bonds. The summed E-state index contributed by atoms with van der Waals surface area (Å²) >= 11 is 0. The highest BCUT2D eigenvalue weighted by molar-refractivity contribution is 6.35. The Kier molecular flexibility index (Phi) is 6.68. The molecule has 0 radical (unpaired) electrons. The van der Waals surface area contributed by atoms with Crippen LogP contribution in [0.5, 0.6) is 17.2 Å². The van der Waals surface area contributed by atoms with Crippen molar-refractivity contribution in [3.63, 3.8) is 0 Å². The molecule has 1 aliphatic rings. The zero-order valence-corrected chi connectivity index (χ0v) is 20.0. The molecule has 0 heterocycles. The standard InChI is InChI=1S/C24H30O5Si/c1-24(2,3)30-29-18-14-17(25)21(22(18)15-10-8-7-9-11-15)16-12-19(26-4)23(28-6)20(13-16)27-5/h7-13,18H,14,30H2,1-6H3. The molecule has 1 aliphatic carbocycles. The maximum absolute atomic E-state index is 13.2. The number of carbonyl (C=O) groups excluding carboxylic acids is 1. The normalized spacial score (nSPS) is 17.1. The van der Waals surface area contributed by atoms with Gasteiger partial charge >= 0.3 is 0 Å². The molecule has 2 aromatic carbocycles. The van der Waals surface area contributed by atoms with Gasteiger partial charge in [-0.05, 0) is 33.9 Å². The van der Waals surface area contributed by atoms with Gasteiger partial charge in [0.2, 0.25) is 5.75 Å². The first-order valence-corrected chi connectivity index (χ1v) is 11.3. The van der Waals surface area contributed by atoms with E-state index in [1.165, 1.54) is 0 Å². The van der Waals surface area contributed by atoms with E-state index in [4.69, 9.17) is 18.6 Å². The molecule has 6 heteroatoms. The van der Waals surface area contributed by atoms with Crippen LogP contribution in [0, 0.1) is 0 Å². The van der Waals surface area contributed by atoms with Gasteiger partial charge in [-0.15, -0.1) is 0 Å². The minimum atomic E-state index is -0.832. The summed E-state index contributed by atoms with van der Waals surface area (Å²) in [4.78, 5) is 13.2. The maximum Gasteiger partial charge on any atom is 0.203 e. The average molecular weight is 427 g/mol. The van der Waals surface area contributed by atoms with Crippen molar-refractivity contribution in [2.75, 3.05) is 21.3 Å². The molecule has 0 saturated carbocycles. The zero-order chi connectivity index (χ0) is 21.9. The lowest BCUT2D eigenvalue weighted by molar-refractivity contribution is -0.114. The number of methoxy groups -OCH3 is 3. The highest BCUT2D eigenvalue weighted by Crippen LogP contribution is 2.45. The van der Waals surface area contributed by atoms with E-state index in [0.29, 0.717) is 29.2 Å². The fourth-order valence-corrected chi connectivity index (χ4v) is 4.65. The third-order valence-corrected chi connectivity index (χ3v) is 6.43. The van der Waals surface area contributed by atoms with Gasteiger partial charge in [0.15, 0.2) is 27.0 Å². The molecule has 0 fully saturated rings. The fourth-order valence-electron chi connectivity index (χ4n) is 3.67. The topological polar surface area (TPSA) is 54.0 Å². The van der Waals surface area contributed by atoms with Crippen molar-refractivity contribution in [3.05, 3.63) is 53.6 Å². The predicted molar refractivity (Wildman–Crippen MR) is 122 cm³/mol. The van der Waals surface area contributed by atoms with Crippen LogP contribution in [0.3, 0.4) is 0 Å². The first-order valence-electron chi connectivity index (χ1n) is 10.0. The summed E-state index contributed by atoms with van der Waals surface area (Å²) in [5, 5.41) is 0.139. The van der Waals surface area contributed by atoms with E-state index in [1.54, 1.807) is 21.3 Å². The molecule has 0 spiro atoms. The molecule has 0 aliphatic heterocycles. The minimum absolute atomic E-state index is 0.0658. The third kappa shape index (κ3) is 4.60. The van der Waals surface area contributed by atoms with E-state index < -0.39 is 9.76 Å². The maximum atomic E-state index is 13.2. The Bertz CT molecular complexity index is 919. The van der Waals surface area contributed by atoms with Gasteiger partial charge in [-0.3, -0.25) is 4.79 Å². The molecular weight excluding hydrogens is 396 g/mol. The van der Waals surface area contributed by atoms with Gasteiger partial charge in [-0.25, -0.2) is 0 Å². The van der Waals surface area contributed by atoms with Gasteiger partial charge in [0.05, 0.1) is 27.4 Å². The second-order valence-electron chi connectivity index (χ2n) is 8.56. The van der Waals surface area contributed by atoms with Gasteiger partial charge in [0.25, 0.3) is 0 Å². The molecule has 1 atom stereocenters. The second kappa shape index (κ2) is 9.06. The number of hydrogen-bond acceptors (Lipinski definition) is 5. The summed E-state index contributed by atoms with van der Waals surface area (Å²) in [6, 6.07) is 13.7. The molecule has 0 bridgehead atoms. The van der Waals surface area contributed by atoms with E-state index in [9.17, 15) is 4.79 Å². The number of ketones is 1. The number of Topliss-reactive ketones (excluding diaryl/α,β-unsaturated/α-hetero) is 1. The van der Waals surface area contributed by atoms with Gasteiger partial charge in [0.1, 0.15) is 0 Å². The van der Waals surface area contributed by atoms with Crippen LogP contribution in [0.15, 0.2) is 42.5 Å². The summed E-state index contributed by atoms with van der Waals surface area (Å²) < 4.78 is 22.9. The van der Waals surface area contributed by atoms with Crippen LogP contribution >= 0.6 is 0 Å². The Morgan fingerprint density at radius 3 is 2.00 bits per heavy atom. The van der Waals surface area contributed by atoms with E-state index in [-0.39, 0.29) is 16.9 Å². The number of carbonyl (C=O) groups is 1. The van der Waals surface area contributed by atoms with Gasteiger partial charge in [-0.1, -0.05) is 51.1 Å². The van der Waals surface area contributed by atoms with Crippen LogP contribution in [0.25, 0.3) is 11.1 Å². The van der Waals surface area contributed by atoms with Crippen molar-refractivity contribution in [2.45, 2.75) is 38.3 Å². The predicted octanol–water partition coefficient (Wildman–Crippen LogP) is 4.28. The minimum Gasteiger partial charge on any atom is -0.493 e. The van der Waals surface area contributed by atoms with Crippen LogP contribution in [0.2, 0.25) is 5.04 Å². The first kappa shape index (κ1) is 22.1. The van der Waals surface area contributed by atoms with E-state index >= 15 is 0 Å². The molecular formula is C24H30O5Si. The quantitative estimate of drug-likeness (QED) is 0.619. The Hall–Kier alpha value is -2.57. The summed E-state index contributed by atoms with van der Waals surface area (Å²) in [5.74, 6) is 1.61. The van der Waals surface area contributed by atoms with Crippen molar-refractivity contribution < 1.29 is 23.4 Å². The number of hydrogen-bond donors (Lipinski definition) is 0. The number of allylic oxidation sites excluding steroid dienone is 1. The van der Waals surface area contributed by atoms with E-state index in [0.717, 1.165) is 16.7 Å². The molecule has 5 nitrogen and oxygen atoms in total. The lowest BCUT2D eigenvalue weighted by Crippen LogP contribution is -2.21. The van der Waals surface area contributed by atoms with Crippen LogP contribution in [-0.2, 0) is 9.22 Å². The summed E-state index contributed by atoms with van der Waals surface area (Å²) in [5.41, 5.74) is 3.34. The van der Waals surface area contributed by atoms with Crippen molar-refractivity contribution in [1.82, 2.24) is 0 Å². The summed E-state index contributed by atoms with van der Waals surface area (Å²) in [6.45, 7) is 6.55. The van der Waals surface area contributed by atoms with Crippen molar-refractivity contribution in [1.29, 1.82) is 0 Å². The molecule has 1 unspecified atom stereocenters. The zero-order valence-electron chi connectivity index (χ0n) is 18.6. The smallest absolute Gasteiger partial charge is 0.203 e. The van der Waals surface area contributed by atoms with E-state index in [2.05, 4.69) is 20.8 Å². The molecule has 30 heavy (non-hydrogen) atoms. The molecule has 0 aromatic heterocycles. The van der Waals surface area contributed by atoms with E-state index in [1.807, 2.05) is 42.5 Å². The Labute approximate surface area is 180 Å². The van der Waals surface area contributed by atoms with Gasteiger partial charge in [-0.2, -0.15) is 0 Å². The second-order valence-corrected chi connectivity index (χ2v) is 11.3. The Balaban J connectivity index is 2.18. The average Bonchev–Trinajstić information content (AvgIpc) is 3.07. The molecule has 2 aromatic rings.